The van der Waals surface area contributed by atoms with E-state index in [1.807, 2.05) is 6.07 Å². The number of thiophene rings is 1. The topological polar surface area (TPSA) is 66.4 Å². The summed E-state index contributed by atoms with van der Waals surface area (Å²) in [5.74, 6) is -1.01. The molecule has 2 heterocycles. The standard InChI is InChI=1S/C11H13NO3S/c13-6-8-2-4-10(16-8)9-3-1-7(5-12-9)11(14)15/h2,4,6-7,9,12H,1,3,5H2,(H,14,15). The lowest BCUT2D eigenvalue weighted by Crippen LogP contribution is -2.36. The van der Waals surface area contributed by atoms with Crippen LogP contribution >= 0.6 is 11.3 Å². The van der Waals surface area contributed by atoms with Crippen LogP contribution in [0.25, 0.3) is 0 Å². The van der Waals surface area contributed by atoms with E-state index >= 15 is 0 Å². The Bertz CT molecular complexity index is 394. The molecule has 86 valence electrons. The van der Waals surface area contributed by atoms with Crippen molar-refractivity contribution in [2.75, 3.05) is 6.54 Å². The second-order valence-electron chi connectivity index (χ2n) is 3.93. The summed E-state index contributed by atoms with van der Waals surface area (Å²) in [6.07, 6.45) is 2.36. The van der Waals surface area contributed by atoms with Crippen LogP contribution in [-0.2, 0) is 4.79 Å². The van der Waals surface area contributed by atoms with Crippen molar-refractivity contribution in [1.82, 2.24) is 5.32 Å². The van der Waals surface area contributed by atoms with E-state index in [2.05, 4.69) is 5.32 Å². The SMILES string of the molecule is O=Cc1ccc(C2CCC(C(=O)O)CN2)s1. The summed E-state index contributed by atoms with van der Waals surface area (Å²) in [4.78, 5) is 23.2. The van der Waals surface area contributed by atoms with Crippen LogP contribution in [0.1, 0.15) is 33.4 Å². The van der Waals surface area contributed by atoms with E-state index in [1.165, 1.54) is 11.3 Å². The van der Waals surface area contributed by atoms with E-state index in [9.17, 15) is 9.59 Å². The van der Waals surface area contributed by atoms with E-state index in [0.717, 1.165) is 22.5 Å². The Balaban J connectivity index is 1.98. The number of carbonyl (C=O) groups is 2. The number of aldehydes is 1. The van der Waals surface area contributed by atoms with E-state index in [-0.39, 0.29) is 12.0 Å². The molecule has 1 saturated heterocycles. The smallest absolute Gasteiger partial charge is 0.307 e. The molecule has 5 heteroatoms. The van der Waals surface area contributed by atoms with Crippen molar-refractivity contribution >= 4 is 23.6 Å². The summed E-state index contributed by atoms with van der Waals surface area (Å²) in [5.41, 5.74) is 0. The number of hydrogen-bond acceptors (Lipinski definition) is 4. The first-order valence-corrected chi connectivity index (χ1v) is 6.03. The second kappa shape index (κ2) is 4.76. The van der Waals surface area contributed by atoms with Gasteiger partial charge in [0, 0.05) is 17.5 Å². The minimum atomic E-state index is -0.731. The number of rotatable bonds is 3. The fourth-order valence-electron chi connectivity index (χ4n) is 1.93. The Morgan fingerprint density at radius 1 is 1.50 bits per heavy atom. The summed E-state index contributed by atoms with van der Waals surface area (Å²) < 4.78 is 0. The van der Waals surface area contributed by atoms with E-state index in [4.69, 9.17) is 5.11 Å². The Kier molecular flexibility index (Phi) is 3.36. The Hall–Kier alpha value is -1.20. The normalized spacial score (nSPS) is 25.2. The van der Waals surface area contributed by atoms with Crippen molar-refractivity contribution in [1.29, 1.82) is 0 Å². The van der Waals surface area contributed by atoms with Crippen LogP contribution < -0.4 is 5.32 Å². The largest absolute Gasteiger partial charge is 0.481 e. The fraction of sp³-hybridized carbons (Fsp3) is 0.455. The van der Waals surface area contributed by atoms with Crippen molar-refractivity contribution in [3.63, 3.8) is 0 Å². The predicted molar refractivity (Wildman–Crippen MR) is 60.8 cm³/mol. The third-order valence-electron chi connectivity index (χ3n) is 2.87. The highest BCUT2D eigenvalue weighted by Crippen LogP contribution is 2.30. The molecule has 2 atom stereocenters. The monoisotopic (exact) mass is 239 g/mol. The van der Waals surface area contributed by atoms with E-state index < -0.39 is 5.97 Å². The molecule has 2 N–H and O–H groups in total. The highest BCUT2D eigenvalue weighted by Gasteiger charge is 2.26. The van der Waals surface area contributed by atoms with Crippen LogP contribution in [0.3, 0.4) is 0 Å². The lowest BCUT2D eigenvalue weighted by molar-refractivity contribution is -0.142. The zero-order valence-corrected chi connectivity index (χ0v) is 9.50. The van der Waals surface area contributed by atoms with Crippen LogP contribution in [0.5, 0.6) is 0 Å². The average Bonchev–Trinajstić information content (AvgIpc) is 2.77. The first-order valence-electron chi connectivity index (χ1n) is 5.22. The molecule has 0 aliphatic carbocycles. The van der Waals surface area contributed by atoms with Crippen molar-refractivity contribution in [2.45, 2.75) is 18.9 Å². The average molecular weight is 239 g/mol. The second-order valence-corrected chi connectivity index (χ2v) is 5.08. The van der Waals surface area contributed by atoms with Crippen LogP contribution in [0.4, 0.5) is 0 Å². The molecule has 1 fully saturated rings. The van der Waals surface area contributed by atoms with Gasteiger partial charge in [-0.1, -0.05) is 0 Å². The van der Waals surface area contributed by atoms with Gasteiger partial charge in [-0.05, 0) is 25.0 Å². The van der Waals surface area contributed by atoms with E-state index in [0.29, 0.717) is 13.0 Å². The number of aliphatic carboxylic acids is 1. The highest BCUT2D eigenvalue weighted by atomic mass is 32.1. The maximum atomic E-state index is 10.8. The van der Waals surface area contributed by atoms with Crippen molar-refractivity contribution in [3.05, 3.63) is 21.9 Å². The molecule has 2 unspecified atom stereocenters. The molecule has 0 bridgehead atoms. The van der Waals surface area contributed by atoms with Gasteiger partial charge in [-0.15, -0.1) is 11.3 Å². The highest BCUT2D eigenvalue weighted by molar-refractivity contribution is 7.13. The first-order chi connectivity index (χ1) is 7.70. The number of carboxylic acid groups (broad SMARTS) is 1. The molecule has 1 aromatic rings. The minimum absolute atomic E-state index is 0.203. The zero-order valence-electron chi connectivity index (χ0n) is 8.68. The summed E-state index contributed by atoms with van der Waals surface area (Å²) in [6.45, 7) is 0.508. The number of piperidine rings is 1. The van der Waals surface area contributed by atoms with Gasteiger partial charge in [0.1, 0.15) is 0 Å². The van der Waals surface area contributed by atoms with Crippen LogP contribution in [0.15, 0.2) is 12.1 Å². The summed E-state index contributed by atoms with van der Waals surface area (Å²) in [7, 11) is 0. The van der Waals surface area contributed by atoms with Crippen LogP contribution in [-0.4, -0.2) is 23.9 Å². The molecule has 1 aromatic heterocycles. The third kappa shape index (κ3) is 2.31. The lowest BCUT2D eigenvalue weighted by atomic mass is 9.94. The van der Waals surface area contributed by atoms with Crippen LogP contribution in [0.2, 0.25) is 0 Å². The molecule has 0 saturated carbocycles. The maximum Gasteiger partial charge on any atom is 0.307 e. The fourth-order valence-corrected chi connectivity index (χ4v) is 2.87. The quantitative estimate of drug-likeness (QED) is 0.788. The Labute approximate surface area is 97.3 Å². The Morgan fingerprint density at radius 2 is 2.31 bits per heavy atom. The number of carbonyl (C=O) groups excluding carboxylic acids is 1. The molecule has 0 radical (unpaired) electrons. The van der Waals surface area contributed by atoms with Gasteiger partial charge in [-0.25, -0.2) is 0 Å². The van der Waals surface area contributed by atoms with Gasteiger partial charge in [0.2, 0.25) is 0 Å². The number of carboxylic acids is 1. The lowest BCUT2D eigenvalue weighted by Gasteiger charge is -2.26. The number of hydrogen-bond donors (Lipinski definition) is 2. The molecule has 16 heavy (non-hydrogen) atoms. The predicted octanol–water partition coefficient (Wildman–Crippen LogP) is 1.69. The molecule has 0 amide bonds. The first kappa shape index (κ1) is 11.3. The van der Waals surface area contributed by atoms with Gasteiger partial charge in [-0.3, -0.25) is 9.59 Å². The third-order valence-corrected chi connectivity index (χ3v) is 4.00. The van der Waals surface area contributed by atoms with Gasteiger partial charge < -0.3 is 10.4 Å². The molecule has 1 aliphatic heterocycles. The van der Waals surface area contributed by atoms with Gasteiger partial charge in [-0.2, -0.15) is 0 Å². The molecule has 0 aromatic carbocycles. The zero-order chi connectivity index (χ0) is 11.5. The molecule has 4 nitrogen and oxygen atoms in total. The minimum Gasteiger partial charge on any atom is -0.481 e. The molecule has 1 aliphatic rings. The summed E-state index contributed by atoms with van der Waals surface area (Å²) in [5, 5.41) is 12.1. The van der Waals surface area contributed by atoms with Crippen molar-refractivity contribution in [3.8, 4) is 0 Å². The summed E-state index contributed by atoms with van der Waals surface area (Å²) >= 11 is 1.47. The molecule has 0 spiro atoms. The summed E-state index contributed by atoms with van der Waals surface area (Å²) in [6, 6.07) is 3.94. The number of nitrogens with one attached hydrogen (secondary N) is 1. The van der Waals surface area contributed by atoms with Crippen molar-refractivity contribution < 1.29 is 14.7 Å². The van der Waals surface area contributed by atoms with Crippen LogP contribution in [0, 0.1) is 5.92 Å². The molecular weight excluding hydrogens is 226 g/mol. The molecule has 2 rings (SSSR count). The van der Waals surface area contributed by atoms with Gasteiger partial charge in [0.05, 0.1) is 10.8 Å². The molecular formula is C11H13NO3S. The van der Waals surface area contributed by atoms with Gasteiger partial charge in [0.15, 0.2) is 6.29 Å². The van der Waals surface area contributed by atoms with E-state index in [1.54, 1.807) is 6.07 Å². The van der Waals surface area contributed by atoms with Crippen molar-refractivity contribution in [2.24, 2.45) is 5.92 Å². The van der Waals surface area contributed by atoms with Gasteiger partial charge in [0.25, 0.3) is 0 Å². The van der Waals surface area contributed by atoms with Gasteiger partial charge >= 0.3 is 5.97 Å². The maximum absolute atomic E-state index is 10.8. The Morgan fingerprint density at radius 3 is 2.81 bits per heavy atom.